The first-order chi connectivity index (χ1) is 11.9. The zero-order valence-electron chi connectivity index (χ0n) is 14.5. The maximum absolute atomic E-state index is 2.76. The summed E-state index contributed by atoms with van der Waals surface area (Å²) in [4.78, 5) is 5.46. The predicted molar refractivity (Wildman–Crippen MR) is 104 cm³/mol. The molecule has 128 valence electrons. The summed E-state index contributed by atoms with van der Waals surface area (Å²) in [6.45, 7) is 5.05. The number of rotatable bonds is 3. The third kappa shape index (κ3) is 2.66. The van der Waals surface area contributed by atoms with Gasteiger partial charge in [-0.2, -0.15) is 0 Å². The van der Waals surface area contributed by atoms with Crippen LogP contribution in [0.2, 0.25) is 0 Å². The number of piperazine rings is 1. The molecule has 2 fully saturated rings. The Kier molecular flexibility index (Phi) is 4.02. The highest BCUT2D eigenvalue weighted by molar-refractivity contribution is 7.17. The topological polar surface area (TPSA) is 6.48 Å². The van der Waals surface area contributed by atoms with Crippen molar-refractivity contribution >= 4 is 27.1 Å². The van der Waals surface area contributed by atoms with Crippen LogP contribution in [0.1, 0.15) is 44.1 Å². The first-order valence-electron chi connectivity index (χ1n) is 9.86. The van der Waals surface area contributed by atoms with Gasteiger partial charge in [-0.3, -0.25) is 4.90 Å². The Hall–Kier alpha value is -1.06. The van der Waals surface area contributed by atoms with Crippen LogP contribution in [0.4, 0.5) is 5.69 Å². The van der Waals surface area contributed by atoms with Gasteiger partial charge in [0.1, 0.15) is 0 Å². The molecular formula is C21H28N2S. The van der Waals surface area contributed by atoms with Gasteiger partial charge in [0.25, 0.3) is 0 Å². The number of benzene rings is 1. The largest absolute Gasteiger partial charge is 0.365 e. The fourth-order valence-corrected chi connectivity index (χ4v) is 6.23. The standard InChI is InChI=1S/C21H28N2S/c1-2-5-16(6-3-1)9-10-22-11-12-23-18(14-22)13-17-15-24-20-8-4-7-19(23)21(17)20/h4,7-8,15-16,18H,1-3,5-6,9-14H2. The summed E-state index contributed by atoms with van der Waals surface area (Å²) in [5, 5.41) is 3.96. The molecule has 1 saturated heterocycles. The van der Waals surface area contributed by atoms with Crippen molar-refractivity contribution in [1.82, 2.24) is 4.90 Å². The van der Waals surface area contributed by atoms with E-state index in [-0.39, 0.29) is 0 Å². The quantitative estimate of drug-likeness (QED) is 0.782. The van der Waals surface area contributed by atoms with Crippen molar-refractivity contribution in [2.45, 2.75) is 51.0 Å². The first-order valence-corrected chi connectivity index (χ1v) is 10.7. The molecule has 5 rings (SSSR count). The van der Waals surface area contributed by atoms with E-state index in [4.69, 9.17) is 0 Å². The van der Waals surface area contributed by atoms with Crippen LogP contribution >= 0.6 is 11.3 Å². The normalized spacial score (nSPS) is 25.2. The van der Waals surface area contributed by atoms with Gasteiger partial charge in [0.15, 0.2) is 0 Å². The Bertz CT molecular complexity index is 716. The first kappa shape index (κ1) is 15.2. The van der Waals surface area contributed by atoms with E-state index in [0.29, 0.717) is 6.04 Å². The molecule has 1 aliphatic carbocycles. The van der Waals surface area contributed by atoms with Gasteiger partial charge in [-0.25, -0.2) is 0 Å². The molecular weight excluding hydrogens is 312 g/mol. The minimum Gasteiger partial charge on any atom is -0.365 e. The molecule has 1 atom stereocenters. The Balaban J connectivity index is 1.27. The molecule has 0 bridgehead atoms. The molecule has 1 saturated carbocycles. The van der Waals surface area contributed by atoms with Crippen LogP contribution in [-0.4, -0.2) is 37.1 Å². The van der Waals surface area contributed by atoms with Crippen molar-refractivity contribution in [2.75, 3.05) is 31.1 Å². The third-order valence-electron chi connectivity index (χ3n) is 6.56. The monoisotopic (exact) mass is 340 g/mol. The number of nitrogens with zero attached hydrogens (tertiary/aromatic N) is 2. The number of anilines is 1. The number of hydrogen-bond donors (Lipinski definition) is 0. The van der Waals surface area contributed by atoms with Crippen LogP contribution < -0.4 is 4.90 Å². The van der Waals surface area contributed by atoms with Gasteiger partial charge < -0.3 is 4.90 Å². The van der Waals surface area contributed by atoms with Crippen molar-refractivity contribution in [1.29, 1.82) is 0 Å². The van der Waals surface area contributed by atoms with Gasteiger partial charge in [0.05, 0.1) is 0 Å². The number of fused-ring (bicyclic) bond motifs is 2. The van der Waals surface area contributed by atoms with E-state index in [2.05, 4.69) is 33.4 Å². The van der Waals surface area contributed by atoms with Crippen molar-refractivity contribution in [3.8, 4) is 0 Å². The maximum atomic E-state index is 2.76. The highest BCUT2D eigenvalue weighted by Crippen LogP contribution is 2.41. The van der Waals surface area contributed by atoms with Crippen molar-refractivity contribution in [3.05, 3.63) is 29.1 Å². The van der Waals surface area contributed by atoms with E-state index in [9.17, 15) is 0 Å². The van der Waals surface area contributed by atoms with Crippen molar-refractivity contribution in [2.24, 2.45) is 5.92 Å². The second-order valence-electron chi connectivity index (χ2n) is 8.06. The zero-order chi connectivity index (χ0) is 15.9. The molecule has 1 aromatic carbocycles. The zero-order valence-corrected chi connectivity index (χ0v) is 15.4. The molecule has 1 unspecified atom stereocenters. The van der Waals surface area contributed by atoms with E-state index in [0.717, 1.165) is 5.92 Å². The minimum absolute atomic E-state index is 0.692. The van der Waals surface area contributed by atoms with Crippen LogP contribution in [-0.2, 0) is 6.42 Å². The summed E-state index contributed by atoms with van der Waals surface area (Å²) in [6, 6.07) is 7.57. The lowest BCUT2D eigenvalue weighted by Crippen LogP contribution is -2.55. The van der Waals surface area contributed by atoms with Crippen LogP contribution in [0.25, 0.3) is 10.1 Å². The Morgan fingerprint density at radius 3 is 2.92 bits per heavy atom. The lowest BCUT2D eigenvalue weighted by Gasteiger charge is -2.45. The van der Waals surface area contributed by atoms with Crippen molar-refractivity contribution in [3.63, 3.8) is 0 Å². The SMILES string of the molecule is c1cc2c3c(csc3c1)CC1CN(CCC3CCCCC3)CCN21. The average Bonchev–Trinajstić information content (AvgIpc) is 3.05. The fraction of sp³-hybridized carbons (Fsp3) is 0.619. The molecule has 0 N–H and O–H groups in total. The molecule has 2 nitrogen and oxygen atoms in total. The molecule has 3 heteroatoms. The van der Waals surface area contributed by atoms with Gasteiger partial charge in [0, 0.05) is 41.4 Å². The van der Waals surface area contributed by atoms with Gasteiger partial charge in [-0.15, -0.1) is 11.3 Å². The Labute approximate surface area is 149 Å². The molecule has 1 aromatic heterocycles. The summed E-state index contributed by atoms with van der Waals surface area (Å²) < 4.78 is 1.47. The van der Waals surface area contributed by atoms with Gasteiger partial charge in [-0.1, -0.05) is 38.2 Å². The van der Waals surface area contributed by atoms with Crippen LogP contribution in [0.3, 0.4) is 0 Å². The Morgan fingerprint density at radius 1 is 1.08 bits per heavy atom. The fourth-order valence-electron chi connectivity index (χ4n) is 5.23. The molecule has 24 heavy (non-hydrogen) atoms. The van der Waals surface area contributed by atoms with Crippen molar-refractivity contribution < 1.29 is 0 Å². The molecule has 3 heterocycles. The lowest BCUT2D eigenvalue weighted by atomic mass is 9.86. The molecule has 0 amide bonds. The van der Waals surface area contributed by atoms with E-state index >= 15 is 0 Å². The van der Waals surface area contributed by atoms with Crippen LogP contribution in [0, 0.1) is 5.92 Å². The molecule has 2 aliphatic heterocycles. The lowest BCUT2D eigenvalue weighted by molar-refractivity contribution is 0.196. The van der Waals surface area contributed by atoms with Crippen LogP contribution in [0.15, 0.2) is 23.6 Å². The number of hydrogen-bond acceptors (Lipinski definition) is 3. The predicted octanol–water partition coefficient (Wildman–Crippen LogP) is 4.92. The highest BCUT2D eigenvalue weighted by Gasteiger charge is 2.33. The van der Waals surface area contributed by atoms with E-state index < -0.39 is 0 Å². The third-order valence-corrected chi connectivity index (χ3v) is 7.56. The summed E-state index contributed by atoms with van der Waals surface area (Å²) in [5.41, 5.74) is 3.10. The molecule has 3 aliphatic rings. The molecule has 0 radical (unpaired) electrons. The second-order valence-corrected chi connectivity index (χ2v) is 8.97. The van der Waals surface area contributed by atoms with Gasteiger partial charge >= 0.3 is 0 Å². The maximum Gasteiger partial charge on any atom is 0.0460 e. The van der Waals surface area contributed by atoms with E-state index in [1.54, 1.807) is 10.9 Å². The summed E-state index contributed by atoms with van der Waals surface area (Å²) in [5.74, 6) is 1.01. The van der Waals surface area contributed by atoms with Gasteiger partial charge in [-0.05, 0) is 48.4 Å². The average molecular weight is 341 g/mol. The summed E-state index contributed by atoms with van der Waals surface area (Å²) >= 11 is 1.93. The smallest absolute Gasteiger partial charge is 0.0460 e. The number of thiophene rings is 1. The highest BCUT2D eigenvalue weighted by atomic mass is 32.1. The van der Waals surface area contributed by atoms with Crippen LogP contribution in [0.5, 0.6) is 0 Å². The van der Waals surface area contributed by atoms with E-state index in [1.807, 2.05) is 11.3 Å². The molecule has 2 aromatic rings. The van der Waals surface area contributed by atoms with E-state index in [1.165, 1.54) is 81.5 Å². The minimum atomic E-state index is 0.692. The van der Waals surface area contributed by atoms with Gasteiger partial charge in [0.2, 0.25) is 0 Å². The Morgan fingerprint density at radius 2 is 2.00 bits per heavy atom. The second kappa shape index (κ2) is 6.34. The summed E-state index contributed by atoms with van der Waals surface area (Å²) in [7, 11) is 0. The molecule has 0 spiro atoms. The summed E-state index contributed by atoms with van der Waals surface area (Å²) in [6.07, 6.45) is 10.1.